The van der Waals surface area contributed by atoms with Crippen molar-refractivity contribution >= 4 is 16.8 Å². The van der Waals surface area contributed by atoms with Gasteiger partial charge >= 0.3 is 0 Å². The van der Waals surface area contributed by atoms with Gasteiger partial charge in [-0.05, 0) is 48.4 Å². The van der Waals surface area contributed by atoms with Crippen molar-refractivity contribution in [3.05, 3.63) is 71.4 Å². The monoisotopic (exact) mass is 333 g/mol. The molecule has 3 aromatic rings. The summed E-state index contributed by atoms with van der Waals surface area (Å²) < 4.78 is 0. The molecule has 1 aliphatic rings. The third-order valence-corrected chi connectivity index (χ3v) is 5.14. The van der Waals surface area contributed by atoms with Crippen LogP contribution in [0, 0.1) is 0 Å². The first-order valence-electron chi connectivity index (χ1n) is 8.91. The van der Waals surface area contributed by atoms with E-state index in [4.69, 9.17) is 5.73 Å². The van der Waals surface area contributed by atoms with E-state index in [0.29, 0.717) is 6.42 Å². The summed E-state index contributed by atoms with van der Waals surface area (Å²) >= 11 is 0. The Bertz CT molecular complexity index is 899. The van der Waals surface area contributed by atoms with Crippen molar-refractivity contribution in [2.24, 2.45) is 5.73 Å². The number of amides is 1. The smallest absolute Gasteiger partial charge is 0.237 e. The van der Waals surface area contributed by atoms with Crippen molar-refractivity contribution in [1.29, 1.82) is 0 Å². The predicted octanol–water partition coefficient (Wildman–Crippen LogP) is 3.23. The number of aromatic nitrogens is 1. The van der Waals surface area contributed by atoms with Crippen LogP contribution in [0.4, 0.5) is 0 Å². The fourth-order valence-corrected chi connectivity index (χ4v) is 3.81. The minimum absolute atomic E-state index is 0.0754. The molecule has 128 valence electrons. The Morgan fingerprint density at radius 3 is 2.92 bits per heavy atom. The molecule has 4 N–H and O–H groups in total. The number of benzene rings is 2. The van der Waals surface area contributed by atoms with Crippen LogP contribution in [0.2, 0.25) is 0 Å². The highest BCUT2D eigenvalue weighted by Crippen LogP contribution is 2.29. The van der Waals surface area contributed by atoms with Crippen LogP contribution in [-0.4, -0.2) is 16.9 Å². The zero-order chi connectivity index (χ0) is 17.2. The maximum Gasteiger partial charge on any atom is 0.237 e. The number of H-pyrrole nitrogens is 1. The fourth-order valence-electron chi connectivity index (χ4n) is 3.81. The Hall–Kier alpha value is -2.59. The number of aryl methyl sites for hydroxylation is 1. The van der Waals surface area contributed by atoms with Gasteiger partial charge in [-0.3, -0.25) is 4.79 Å². The molecule has 25 heavy (non-hydrogen) atoms. The van der Waals surface area contributed by atoms with E-state index in [2.05, 4.69) is 34.6 Å². The van der Waals surface area contributed by atoms with Crippen LogP contribution in [0.5, 0.6) is 0 Å². The van der Waals surface area contributed by atoms with Crippen LogP contribution in [0.3, 0.4) is 0 Å². The number of rotatable bonds is 4. The van der Waals surface area contributed by atoms with Crippen molar-refractivity contribution in [3.63, 3.8) is 0 Å². The quantitative estimate of drug-likeness (QED) is 0.686. The minimum Gasteiger partial charge on any atom is -0.361 e. The van der Waals surface area contributed by atoms with Crippen LogP contribution in [0.1, 0.15) is 35.6 Å². The lowest BCUT2D eigenvalue weighted by Crippen LogP contribution is -2.44. The molecule has 4 nitrogen and oxygen atoms in total. The van der Waals surface area contributed by atoms with Crippen molar-refractivity contribution in [1.82, 2.24) is 10.3 Å². The highest BCUT2D eigenvalue weighted by atomic mass is 16.2. The molecular weight excluding hydrogens is 310 g/mol. The van der Waals surface area contributed by atoms with Gasteiger partial charge in [-0.2, -0.15) is 0 Å². The third kappa shape index (κ3) is 3.17. The molecule has 0 spiro atoms. The van der Waals surface area contributed by atoms with Gasteiger partial charge in [0.25, 0.3) is 0 Å². The van der Waals surface area contributed by atoms with E-state index in [-0.39, 0.29) is 11.9 Å². The molecule has 0 saturated carbocycles. The number of carbonyl (C=O) groups is 1. The molecular formula is C21H23N3O. The summed E-state index contributed by atoms with van der Waals surface area (Å²) in [7, 11) is 0. The molecule has 4 rings (SSSR count). The van der Waals surface area contributed by atoms with Gasteiger partial charge in [-0.25, -0.2) is 0 Å². The van der Waals surface area contributed by atoms with Crippen molar-refractivity contribution < 1.29 is 4.79 Å². The summed E-state index contributed by atoms with van der Waals surface area (Å²) in [5.74, 6) is -0.0769. The minimum atomic E-state index is -0.548. The Morgan fingerprint density at radius 1 is 1.20 bits per heavy atom. The molecule has 0 saturated heterocycles. The summed E-state index contributed by atoms with van der Waals surface area (Å²) in [6.45, 7) is 0. The SMILES string of the molecule is NC(Cc1c[nH]c2ccccc12)C(=O)NC1CCCc2ccccc21. The molecule has 2 aromatic carbocycles. The van der Waals surface area contributed by atoms with E-state index in [1.54, 1.807) is 0 Å². The van der Waals surface area contributed by atoms with Crippen LogP contribution in [-0.2, 0) is 17.6 Å². The van der Waals surface area contributed by atoms with Crippen molar-refractivity contribution in [3.8, 4) is 0 Å². The maximum atomic E-state index is 12.6. The first-order chi connectivity index (χ1) is 12.2. The summed E-state index contributed by atoms with van der Waals surface area (Å²) in [5, 5.41) is 4.29. The highest BCUT2D eigenvalue weighted by molar-refractivity contribution is 5.86. The molecule has 0 aliphatic heterocycles. The number of nitrogens with two attached hydrogens (primary N) is 1. The van der Waals surface area contributed by atoms with Crippen LogP contribution < -0.4 is 11.1 Å². The zero-order valence-corrected chi connectivity index (χ0v) is 14.2. The first-order valence-corrected chi connectivity index (χ1v) is 8.91. The molecule has 2 atom stereocenters. The molecule has 0 bridgehead atoms. The summed E-state index contributed by atoms with van der Waals surface area (Å²) in [6.07, 6.45) is 5.64. The number of hydrogen-bond donors (Lipinski definition) is 3. The van der Waals surface area contributed by atoms with Gasteiger partial charge in [0.1, 0.15) is 0 Å². The topological polar surface area (TPSA) is 70.9 Å². The molecule has 1 heterocycles. The number of fused-ring (bicyclic) bond motifs is 2. The molecule has 4 heteroatoms. The summed E-state index contributed by atoms with van der Waals surface area (Å²) in [5.41, 5.74) is 10.9. The first kappa shape index (κ1) is 15.9. The third-order valence-electron chi connectivity index (χ3n) is 5.14. The molecule has 2 unspecified atom stereocenters. The highest BCUT2D eigenvalue weighted by Gasteiger charge is 2.24. The lowest BCUT2D eigenvalue weighted by Gasteiger charge is -2.27. The molecule has 1 amide bonds. The Labute approximate surface area is 147 Å². The average molecular weight is 333 g/mol. The van der Waals surface area contributed by atoms with Gasteiger partial charge in [0, 0.05) is 17.1 Å². The van der Waals surface area contributed by atoms with E-state index >= 15 is 0 Å². The largest absolute Gasteiger partial charge is 0.361 e. The zero-order valence-electron chi connectivity index (χ0n) is 14.2. The van der Waals surface area contributed by atoms with E-state index in [0.717, 1.165) is 35.7 Å². The fraction of sp³-hybridized carbons (Fsp3) is 0.286. The van der Waals surface area contributed by atoms with Gasteiger partial charge in [0.05, 0.1) is 12.1 Å². The van der Waals surface area contributed by atoms with Crippen LogP contribution >= 0.6 is 0 Å². The second-order valence-electron chi connectivity index (χ2n) is 6.82. The van der Waals surface area contributed by atoms with Gasteiger partial charge in [0.15, 0.2) is 0 Å². The van der Waals surface area contributed by atoms with Crippen LogP contribution in [0.15, 0.2) is 54.7 Å². The lowest BCUT2D eigenvalue weighted by atomic mass is 9.87. The predicted molar refractivity (Wildman–Crippen MR) is 100 cm³/mol. The number of hydrogen-bond acceptors (Lipinski definition) is 2. The van der Waals surface area contributed by atoms with E-state index < -0.39 is 6.04 Å². The molecule has 1 aliphatic carbocycles. The maximum absolute atomic E-state index is 12.6. The number of nitrogens with one attached hydrogen (secondary N) is 2. The van der Waals surface area contributed by atoms with Gasteiger partial charge in [-0.15, -0.1) is 0 Å². The number of carbonyl (C=O) groups excluding carboxylic acids is 1. The van der Waals surface area contributed by atoms with Gasteiger partial charge in [0.2, 0.25) is 5.91 Å². The van der Waals surface area contributed by atoms with Crippen LogP contribution in [0.25, 0.3) is 10.9 Å². The second-order valence-corrected chi connectivity index (χ2v) is 6.82. The summed E-state index contributed by atoms with van der Waals surface area (Å²) in [6, 6.07) is 16.0. The van der Waals surface area contributed by atoms with Crippen molar-refractivity contribution in [2.75, 3.05) is 0 Å². The lowest BCUT2D eigenvalue weighted by molar-refractivity contribution is -0.123. The van der Waals surface area contributed by atoms with E-state index in [1.807, 2.05) is 30.5 Å². The standard InChI is InChI=1S/C21H23N3O/c22-18(12-15-13-23-19-10-4-3-9-17(15)19)21(25)24-20-11-5-7-14-6-1-2-8-16(14)20/h1-4,6,8-10,13,18,20,23H,5,7,11-12,22H2,(H,24,25). The Balaban J connectivity index is 1.46. The Morgan fingerprint density at radius 2 is 2.00 bits per heavy atom. The molecule has 0 fully saturated rings. The average Bonchev–Trinajstić information content (AvgIpc) is 3.05. The van der Waals surface area contributed by atoms with E-state index in [1.165, 1.54) is 11.1 Å². The van der Waals surface area contributed by atoms with Gasteiger partial charge < -0.3 is 16.0 Å². The summed E-state index contributed by atoms with van der Waals surface area (Å²) in [4.78, 5) is 15.9. The number of para-hydroxylation sites is 1. The van der Waals surface area contributed by atoms with Gasteiger partial charge in [-0.1, -0.05) is 42.5 Å². The van der Waals surface area contributed by atoms with E-state index in [9.17, 15) is 4.79 Å². The normalized spacial score (nSPS) is 17.9. The molecule has 1 aromatic heterocycles. The molecule has 0 radical (unpaired) electrons. The Kier molecular flexibility index (Phi) is 4.28. The van der Waals surface area contributed by atoms with Crippen molar-refractivity contribution in [2.45, 2.75) is 37.8 Å². The number of aromatic amines is 1. The second kappa shape index (κ2) is 6.73.